The van der Waals surface area contributed by atoms with Crippen molar-refractivity contribution in [3.8, 4) is 0 Å². The van der Waals surface area contributed by atoms with E-state index in [0.29, 0.717) is 11.6 Å². The third-order valence-electron chi connectivity index (χ3n) is 3.28. The first-order chi connectivity index (χ1) is 8.08. The van der Waals surface area contributed by atoms with E-state index < -0.39 is 5.97 Å². The van der Waals surface area contributed by atoms with E-state index >= 15 is 0 Å². The second-order valence-electron chi connectivity index (χ2n) is 4.48. The van der Waals surface area contributed by atoms with Crippen molar-refractivity contribution >= 4 is 11.8 Å². The molecular weight excluding hydrogens is 218 g/mol. The zero-order chi connectivity index (χ0) is 12.4. The van der Waals surface area contributed by atoms with Gasteiger partial charge in [-0.3, -0.25) is 0 Å². The normalized spacial score (nSPS) is 21.5. The number of aromatic carboxylic acids is 1. The van der Waals surface area contributed by atoms with Crippen molar-refractivity contribution in [2.24, 2.45) is 0 Å². The quantitative estimate of drug-likeness (QED) is 0.826. The van der Waals surface area contributed by atoms with Gasteiger partial charge < -0.3 is 14.9 Å². The van der Waals surface area contributed by atoms with Crippen LogP contribution in [0.5, 0.6) is 0 Å². The molecule has 0 bridgehead atoms. The Morgan fingerprint density at radius 1 is 1.53 bits per heavy atom. The number of pyridine rings is 1. The Hall–Kier alpha value is -1.62. The summed E-state index contributed by atoms with van der Waals surface area (Å²) in [6.07, 6.45) is 1.56. The van der Waals surface area contributed by atoms with Crippen LogP contribution in [0.1, 0.15) is 17.3 Å². The van der Waals surface area contributed by atoms with E-state index in [1.165, 1.54) is 6.07 Å². The smallest absolute Gasteiger partial charge is 0.335 e. The molecule has 0 aliphatic carbocycles. The average Bonchev–Trinajstić information content (AvgIpc) is 2.33. The van der Waals surface area contributed by atoms with Gasteiger partial charge in [-0.1, -0.05) is 0 Å². The number of piperazine rings is 1. The maximum atomic E-state index is 10.9. The van der Waals surface area contributed by atoms with Crippen LogP contribution in [-0.4, -0.2) is 53.7 Å². The molecule has 0 saturated carbocycles. The molecule has 92 valence electrons. The second-order valence-corrected chi connectivity index (χ2v) is 4.48. The van der Waals surface area contributed by atoms with Crippen LogP contribution in [-0.2, 0) is 0 Å². The summed E-state index contributed by atoms with van der Waals surface area (Å²) < 4.78 is 0. The van der Waals surface area contributed by atoms with Crippen LogP contribution in [0.15, 0.2) is 18.3 Å². The van der Waals surface area contributed by atoms with E-state index in [1.807, 2.05) is 0 Å². The lowest BCUT2D eigenvalue weighted by molar-refractivity contribution is 0.0697. The number of carboxylic acids is 1. The molecule has 1 aliphatic rings. The predicted octanol–water partition coefficient (Wildman–Crippen LogP) is 0.920. The Morgan fingerprint density at radius 3 is 2.94 bits per heavy atom. The lowest BCUT2D eigenvalue weighted by Gasteiger charge is -2.38. The zero-order valence-corrected chi connectivity index (χ0v) is 10.1. The van der Waals surface area contributed by atoms with Crippen LogP contribution in [0.2, 0.25) is 0 Å². The van der Waals surface area contributed by atoms with Crippen molar-refractivity contribution in [1.82, 2.24) is 9.88 Å². The molecule has 5 heteroatoms. The highest BCUT2D eigenvalue weighted by atomic mass is 16.4. The first kappa shape index (κ1) is 11.9. The number of aromatic nitrogens is 1. The molecule has 2 heterocycles. The standard InChI is InChI=1S/C12H17N3O2/c1-9-8-15(6-5-14(9)2)11-7-10(12(16)17)3-4-13-11/h3-4,7,9H,5-6,8H2,1-2H3,(H,16,17). The van der Waals surface area contributed by atoms with Crippen LogP contribution in [0.4, 0.5) is 5.82 Å². The first-order valence-corrected chi connectivity index (χ1v) is 5.72. The van der Waals surface area contributed by atoms with E-state index in [-0.39, 0.29) is 0 Å². The fraction of sp³-hybridized carbons (Fsp3) is 0.500. The monoisotopic (exact) mass is 235 g/mol. The number of anilines is 1. The maximum absolute atomic E-state index is 10.9. The number of nitrogens with zero attached hydrogens (tertiary/aromatic N) is 3. The average molecular weight is 235 g/mol. The van der Waals surface area contributed by atoms with Gasteiger partial charge in [-0.2, -0.15) is 0 Å². The van der Waals surface area contributed by atoms with E-state index in [0.717, 1.165) is 25.5 Å². The lowest BCUT2D eigenvalue weighted by Crippen LogP contribution is -2.50. The van der Waals surface area contributed by atoms with Gasteiger partial charge in [-0.05, 0) is 26.1 Å². The van der Waals surface area contributed by atoms with Crippen LogP contribution < -0.4 is 4.90 Å². The molecule has 1 unspecified atom stereocenters. The van der Waals surface area contributed by atoms with Gasteiger partial charge in [0.2, 0.25) is 0 Å². The van der Waals surface area contributed by atoms with E-state index in [1.54, 1.807) is 12.3 Å². The first-order valence-electron chi connectivity index (χ1n) is 5.72. The minimum atomic E-state index is -0.907. The summed E-state index contributed by atoms with van der Waals surface area (Å²) in [6, 6.07) is 3.62. The zero-order valence-electron chi connectivity index (χ0n) is 10.1. The van der Waals surface area contributed by atoms with E-state index in [9.17, 15) is 4.79 Å². The number of carboxylic acid groups (broad SMARTS) is 1. The van der Waals surface area contributed by atoms with Gasteiger partial charge >= 0.3 is 5.97 Å². The van der Waals surface area contributed by atoms with Crippen molar-refractivity contribution in [1.29, 1.82) is 0 Å². The van der Waals surface area contributed by atoms with Gasteiger partial charge in [0, 0.05) is 31.9 Å². The highest BCUT2D eigenvalue weighted by molar-refractivity contribution is 5.88. The molecule has 1 aromatic rings. The van der Waals surface area contributed by atoms with Crippen LogP contribution in [0, 0.1) is 0 Å². The lowest BCUT2D eigenvalue weighted by atomic mass is 10.2. The van der Waals surface area contributed by atoms with Gasteiger partial charge in [0.25, 0.3) is 0 Å². The molecule has 5 nitrogen and oxygen atoms in total. The fourth-order valence-electron chi connectivity index (χ4n) is 1.98. The Morgan fingerprint density at radius 2 is 2.29 bits per heavy atom. The predicted molar refractivity (Wildman–Crippen MR) is 65.5 cm³/mol. The van der Waals surface area contributed by atoms with Crippen LogP contribution >= 0.6 is 0 Å². The van der Waals surface area contributed by atoms with Crippen molar-refractivity contribution < 1.29 is 9.90 Å². The molecule has 17 heavy (non-hydrogen) atoms. The van der Waals surface area contributed by atoms with Gasteiger partial charge in [0.15, 0.2) is 0 Å². The van der Waals surface area contributed by atoms with Crippen LogP contribution in [0.25, 0.3) is 0 Å². The number of likely N-dealkylation sites (N-methyl/N-ethyl adjacent to an activating group) is 1. The molecule has 1 aliphatic heterocycles. The van der Waals surface area contributed by atoms with Crippen molar-refractivity contribution in [3.63, 3.8) is 0 Å². The Balaban J connectivity index is 2.17. The summed E-state index contributed by atoms with van der Waals surface area (Å²) in [7, 11) is 2.10. The van der Waals surface area contributed by atoms with E-state index in [2.05, 4.69) is 28.8 Å². The Labute approximate surface area is 101 Å². The fourth-order valence-corrected chi connectivity index (χ4v) is 1.98. The molecule has 1 N–H and O–H groups in total. The summed E-state index contributed by atoms with van der Waals surface area (Å²) in [5.41, 5.74) is 0.293. The molecular formula is C12H17N3O2. The minimum Gasteiger partial charge on any atom is -0.478 e. The third kappa shape index (κ3) is 2.55. The second kappa shape index (κ2) is 4.71. The topological polar surface area (TPSA) is 56.7 Å². The Kier molecular flexibility index (Phi) is 3.28. The highest BCUT2D eigenvalue weighted by Crippen LogP contribution is 2.17. The van der Waals surface area contributed by atoms with Crippen molar-refractivity contribution in [3.05, 3.63) is 23.9 Å². The minimum absolute atomic E-state index is 0.293. The van der Waals surface area contributed by atoms with Crippen molar-refractivity contribution in [2.45, 2.75) is 13.0 Å². The van der Waals surface area contributed by atoms with Gasteiger partial charge in [0.1, 0.15) is 5.82 Å². The number of hydrogen-bond acceptors (Lipinski definition) is 4. The molecule has 0 radical (unpaired) electrons. The summed E-state index contributed by atoms with van der Waals surface area (Å²) in [6.45, 7) is 4.90. The molecule has 0 aromatic carbocycles. The van der Waals surface area contributed by atoms with Gasteiger partial charge in [-0.15, -0.1) is 0 Å². The van der Waals surface area contributed by atoms with Crippen molar-refractivity contribution in [2.75, 3.05) is 31.6 Å². The number of rotatable bonds is 2. The summed E-state index contributed by atoms with van der Waals surface area (Å²) in [4.78, 5) is 19.6. The third-order valence-corrected chi connectivity index (χ3v) is 3.28. The van der Waals surface area contributed by atoms with Gasteiger partial charge in [0.05, 0.1) is 5.56 Å². The maximum Gasteiger partial charge on any atom is 0.335 e. The largest absolute Gasteiger partial charge is 0.478 e. The highest BCUT2D eigenvalue weighted by Gasteiger charge is 2.21. The van der Waals surface area contributed by atoms with Crippen LogP contribution in [0.3, 0.4) is 0 Å². The SMILES string of the molecule is CC1CN(c2cc(C(=O)O)ccn2)CCN1C. The number of hydrogen-bond donors (Lipinski definition) is 1. The molecule has 1 fully saturated rings. The molecule has 0 amide bonds. The molecule has 1 saturated heterocycles. The molecule has 1 atom stereocenters. The summed E-state index contributed by atoms with van der Waals surface area (Å²) >= 11 is 0. The number of carbonyl (C=O) groups is 1. The summed E-state index contributed by atoms with van der Waals surface area (Å²) in [5.74, 6) is -0.152. The van der Waals surface area contributed by atoms with E-state index in [4.69, 9.17) is 5.11 Å². The Bertz CT molecular complexity index is 422. The van der Waals surface area contributed by atoms with Gasteiger partial charge in [-0.25, -0.2) is 9.78 Å². The molecule has 1 aromatic heterocycles. The molecule has 2 rings (SSSR count). The summed E-state index contributed by atoms with van der Waals surface area (Å²) in [5, 5.41) is 8.95. The molecule has 0 spiro atoms.